The maximum Gasteiger partial charge on any atom is 0.292 e. The number of nitrogens with one attached hydrogen (secondary N) is 1. The van der Waals surface area contributed by atoms with E-state index in [0.717, 1.165) is 18.5 Å². The number of carbonyl (C=O) groups excluding carboxylic acids is 1. The lowest BCUT2D eigenvalue weighted by molar-refractivity contribution is 0.0653. The van der Waals surface area contributed by atoms with Crippen LogP contribution in [0.4, 0.5) is 4.39 Å². The molecule has 5 aromatic rings. The summed E-state index contributed by atoms with van der Waals surface area (Å²) in [5, 5.41) is 4.60. The van der Waals surface area contributed by atoms with Crippen LogP contribution in [0.2, 0.25) is 0 Å². The number of oxazole rings is 1. The van der Waals surface area contributed by atoms with Crippen LogP contribution in [-0.4, -0.2) is 46.9 Å². The van der Waals surface area contributed by atoms with Gasteiger partial charge in [-0.1, -0.05) is 6.07 Å². The van der Waals surface area contributed by atoms with Crippen molar-refractivity contribution in [2.45, 2.75) is 31.2 Å². The van der Waals surface area contributed by atoms with Gasteiger partial charge in [-0.3, -0.25) is 9.78 Å². The van der Waals surface area contributed by atoms with Gasteiger partial charge < -0.3 is 14.3 Å². The quantitative estimate of drug-likeness (QED) is 0.428. The van der Waals surface area contributed by atoms with Crippen LogP contribution in [0.3, 0.4) is 0 Å². The summed E-state index contributed by atoms with van der Waals surface area (Å²) in [6.07, 6.45) is 7.51. The summed E-state index contributed by atoms with van der Waals surface area (Å²) in [5.41, 5.74) is 3.76. The average Bonchev–Trinajstić information content (AvgIpc) is 3.28. The van der Waals surface area contributed by atoms with E-state index in [9.17, 15) is 9.18 Å². The Morgan fingerprint density at radius 1 is 1.14 bits per heavy atom. The SMILES string of the molecule is O=C(c1oc(-c2ccccn2)nc1C1CC1)N1CCc2[nH]cnc2[C@@H]1c1cc2c(F)cccn2n1. The van der Waals surface area contributed by atoms with Crippen molar-refractivity contribution in [1.82, 2.24) is 34.4 Å². The van der Waals surface area contributed by atoms with Gasteiger partial charge in [-0.2, -0.15) is 5.10 Å². The molecule has 1 atom stereocenters. The highest BCUT2D eigenvalue weighted by molar-refractivity contribution is 5.94. The number of aromatic amines is 1. The van der Waals surface area contributed by atoms with Crippen LogP contribution in [0.5, 0.6) is 0 Å². The predicted molar refractivity (Wildman–Crippen MR) is 122 cm³/mol. The van der Waals surface area contributed by atoms with Crippen molar-refractivity contribution in [3.63, 3.8) is 0 Å². The van der Waals surface area contributed by atoms with Crippen molar-refractivity contribution >= 4 is 11.4 Å². The molecule has 0 radical (unpaired) electrons. The second-order valence-electron chi connectivity index (χ2n) is 8.90. The number of imidazole rings is 1. The minimum atomic E-state index is -0.591. The number of carbonyl (C=O) groups is 1. The van der Waals surface area contributed by atoms with E-state index in [1.54, 1.807) is 35.8 Å². The number of amides is 1. The highest BCUT2D eigenvalue weighted by Gasteiger charge is 2.41. The average molecular weight is 469 g/mol. The first kappa shape index (κ1) is 20.1. The van der Waals surface area contributed by atoms with Crippen molar-refractivity contribution in [2.75, 3.05) is 6.54 Å². The smallest absolute Gasteiger partial charge is 0.292 e. The summed E-state index contributed by atoms with van der Waals surface area (Å²) < 4.78 is 22.0. The molecule has 5 aromatic heterocycles. The van der Waals surface area contributed by atoms with E-state index in [0.29, 0.717) is 47.1 Å². The molecule has 7 rings (SSSR count). The molecule has 0 bridgehead atoms. The van der Waals surface area contributed by atoms with Crippen LogP contribution >= 0.6 is 0 Å². The van der Waals surface area contributed by atoms with E-state index in [2.05, 4.69) is 25.0 Å². The zero-order chi connectivity index (χ0) is 23.5. The normalized spacial score (nSPS) is 17.6. The Morgan fingerprint density at radius 2 is 2.06 bits per heavy atom. The van der Waals surface area contributed by atoms with Crippen LogP contribution in [0.25, 0.3) is 17.1 Å². The Bertz CT molecular complexity index is 1570. The van der Waals surface area contributed by atoms with Crippen LogP contribution in [0.15, 0.2) is 59.5 Å². The Hall–Kier alpha value is -4.34. The zero-order valence-corrected chi connectivity index (χ0v) is 18.6. The number of nitrogens with zero attached hydrogens (tertiary/aromatic N) is 6. The third kappa shape index (κ3) is 3.24. The largest absolute Gasteiger partial charge is 0.429 e. The fourth-order valence-electron chi connectivity index (χ4n) is 4.78. The van der Waals surface area contributed by atoms with Gasteiger partial charge in [0.1, 0.15) is 23.1 Å². The van der Waals surface area contributed by atoms with Gasteiger partial charge in [0.2, 0.25) is 11.7 Å². The number of aromatic nitrogens is 6. The van der Waals surface area contributed by atoms with E-state index in [1.807, 2.05) is 18.2 Å². The molecule has 0 saturated heterocycles. The first-order chi connectivity index (χ1) is 17.2. The summed E-state index contributed by atoms with van der Waals surface area (Å²) >= 11 is 0. The van der Waals surface area contributed by atoms with Crippen molar-refractivity contribution in [3.05, 3.63) is 89.5 Å². The van der Waals surface area contributed by atoms with Gasteiger partial charge in [-0.15, -0.1) is 0 Å². The van der Waals surface area contributed by atoms with E-state index < -0.39 is 6.04 Å². The van der Waals surface area contributed by atoms with Gasteiger partial charge in [-0.05, 0) is 43.2 Å². The molecule has 0 unspecified atom stereocenters. The second-order valence-corrected chi connectivity index (χ2v) is 8.90. The summed E-state index contributed by atoms with van der Waals surface area (Å²) in [7, 11) is 0. The van der Waals surface area contributed by atoms with Gasteiger partial charge in [0.15, 0.2) is 0 Å². The van der Waals surface area contributed by atoms with Crippen molar-refractivity contribution in [2.24, 2.45) is 0 Å². The Labute approximate surface area is 198 Å². The molecule has 35 heavy (non-hydrogen) atoms. The minimum Gasteiger partial charge on any atom is -0.429 e. The molecule has 0 aromatic carbocycles. The van der Waals surface area contributed by atoms with Crippen LogP contribution in [0, 0.1) is 5.82 Å². The lowest BCUT2D eigenvalue weighted by Crippen LogP contribution is -2.41. The van der Waals surface area contributed by atoms with Crippen LogP contribution in [-0.2, 0) is 6.42 Å². The van der Waals surface area contributed by atoms with Gasteiger partial charge in [-0.25, -0.2) is 18.9 Å². The standard InChI is InChI=1S/C25H20FN7O2/c26-15-4-3-10-33-19(15)12-18(31-33)22-21-16(28-13-29-21)8-11-32(22)25(34)23-20(14-6-7-14)30-24(35-23)17-5-1-2-9-27-17/h1-5,9-10,12-14,22H,6-8,11H2,(H,28,29)/t22-/m0/s1. The molecule has 174 valence electrons. The number of fused-ring (bicyclic) bond motifs is 2. The van der Waals surface area contributed by atoms with Gasteiger partial charge in [0, 0.05) is 37.0 Å². The van der Waals surface area contributed by atoms with Gasteiger partial charge in [0.25, 0.3) is 5.91 Å². The third-order valence-corrected chi connectivity index (χ3v) is 6.63. The predicted octanol–water partition coefficient (Wildman–Crippen LogP) is 3.91. The molecule has 1 saturated carbocycles. The van der Waals surface area contributed by atoms with Crippen molar-refractivity contribution in [3.8, 4) is 11.6 Å². The Kier molecular flexibility index (Phi) is 4.35. The molecule has 9 nitrogen and oxygen atoms in total. The molecular formula is C25H20FN7O2. The second kappa shape index (κ2) is 7.59. The fourth-order valence-corrected chi connectivity index (χ4v) is 4.78. The van der Waals surface area contributed by atoms with Crippen molar-refractivity contribution in [1.29, 1.82) is 0 Å². The monoisotopic (exact) mass is 469 g/mol. The summed E-state index contributed by atoms with van der Waals surface area (Å²) in [6, 6.07) is 9.55. The number of pyridine rings is 2. The third-order valence-electron chi connectivity index (χ3n) is 6.63. The molecule has 1 fully saturated rings. The molecule has 1 amide bonds. The highest BCUT2D eigenvalue weighted by atomic mass is 19.1. The Balaban J connectivity index is 1.34. The summed E-state index contributed by atoms with van der Waals surface area (Å²) in [4.78, 5) is 32.4. The summed E-state index contributed by atoms with van der Waals surface area (Å²) in [5.74, 6) is 0.0987. The highest BCUT2D eigenvalue weighted by Crippen LogP contribution is 2.43. The lowest BCUT2D eigenvalue weighted by atomic mass is 9.99. The van der Waals surface area contributed by atoms with Crippen LogP contribution < -0.4 is 0 Å². The first-order valence-electron chi connectivity index (χ1n) is 11.6. The minimum absolute atomic E-state index is 0.198. The van der Waals surface area contributed by atoms with Crippen LogP contribution in [0.1, 0.15) is 58.1 Å². The molecule has 1 N–H and O–H groups in total. The van der Waals surface area contributed by atoms with Gasteiger partial charge in [0.05, 0.1) is 23.4 Å². The number of hydrogen-bond acceptors (Lipinski definition) is 6. The fraction of sp³-hybridized carbons (Fsp3) is 0.240. The molecule has 10 heteroatoms. The number of rotatable bonds is 4. The molecule has 1 aliphatic heterocycles. The molecule has 0 spiro atoms. The maximum absolute atomic E-state index is 14.4. The lowest BCUT2D eigenvalue weighted by Gasteiger charge is -2.33. The van der Waals surface area contributed by atoms with E-state index >= 15 is 0 Å². The van der Waals surface area contributed by atoms with Crippen molar-refractivity contribution < 1.29 is 13.6 Å². The molecule has 2 aliphatic rings. The summed E-state index contributed by atoms with van der Waals surface area (Å²) in [6.45, 7) is 0.429. The molecule has 6 heterocycles. The number of H-pyrrole nitrogens is 1. The number of hydrogen-bond donors (Lipinski definition) is 1. The Morgan fingerprint density at radius 3 is 2.86 bits per heavy atom. The van der Waals surface area contributed by atoms with E-state index in [4.69, 9.17) is 4.42 Å². The van der Waals surface area contributed by atoms with Gasteiger partial charge >= 0.3 is 0 Å². The van der Waals surface area contributed by atoms with E-state index in [-0.39, 0.29) is 23.4 Å². The molecular weight excluding hydrogens is 449 g/mol. The number of halogens is 1. The maximum atomic E-state index is 14.4. The topological polar surface area (TPSA) is 105 Å². The zero-order valence-electron chi connectivity index (χ0n) is 18.6. The first-order valence-corrected chi connectivity index (χ1v) is 11.6. The molecule has 1 aliphatic carbocycles. The van der Waals surface area contributed by atoms with E-state index in [1.165, 1.54) is 10.6 Å².